The molecule has 0 bridgehead atoms. The van der Waals surface area contributed by atoms with Crippen molar-refractivity contribution in [1.29, 1.82) is 0 Å². The van der Waals surface area contributed by atoms with E-state index in [1.807, 2.05) is 13.8 Å². The third-order valence-corrected chi connectivity index (χ3v) is 1.64. The molecule has 14 heavy (non-hydrogen) atoms. The van der Waals surface area contributed by atoms with Crippen LogP contribution in [0.4, 0.5) is 0 Å². The molecule has 0 atom stereocenters. The van der Waals surface area contributed by atoms with Crippen LogP contribution in [-0.2, 0) is 9.53 Å². The number of rotatable bonds is 6. The van der Waals surface area contributed by atoms with E-state index in [0.717, 1.165) is 6.42 Å². The van der Waals surface area contributed by atoms with Gasteiger partial charge in [0.25, 0.3) is 0 Å². The molecule has 84 valence electrons. The van der Waals surface area contributed by atoms with Crippen molar-refractivity contribution >= 4 is 5.91 Å². The predicted molar refractivity (Wildman–Crippen MR) is 57.0 cm³/mol. The van der Waals surface area contributed by atoms with Crippen molar-refractivity contribution in [1.82, 2.24) is 5.32 Å². The third kappa shape index (κ3) is 6.86. The summed E-state index contributed by atoms with van der Waals surface area (Å²) < 4.78 is 5.33. The van der Waals surface area contributed by atoms with Crippen molar-refractivity contribution in [3.8, 4) is 0 Å². The highest BCUT2D eigenvalue weighted by Gasteiger charge is 2.20. The molecule has 0 aromatic heterocycles. The molecule has 0 unspecified atom stereocenters. The topological polar surface area (TPSA) is 64.3 Å². The zero-order valence-corrected chi connectivity index (χ0v) is 9.59. The molecular weight excluding hydrogens is 180 g/mol. The van der Waals surface area contributed by atoms with Crippen molar-refractivity contribution in [2.45, 2.75) is 45.8 Å². The Morgan fingerprint density at radius 3 is 2.50 bits per heavy atom. The van der Waals surface area contributed by atoms with Gasteiger partial charge in [0, 0.05) is 13.2 Å². The van der Waals surface area contributed by atoms with Gasteiger partial charge in [0.15, 0.2) is 0 Å². The molecule has 4 nitrogen and oxygen atoms in total. The van der Waals surface area contributed by atoms with Crippen LogP contribution in [0.15, 0.2) is 0 Å². The summed E-state index contributed by atoms with van der Waals surface area (Å²) in [6.45, 7) is 8.64. The van der Waals surface area contributed by atoms with E-state index in [-0.39, 0.29) is 12.0 Å². The summed E-state index contributed by atoms with van der Waals surface area (Å²) in [5, 5.41) is 2.75. The summed E-state index contributed by atoms with van der Waals surface area (Å²) in [5.74, 6) is -0.123. The summed E-state index contributed by atoms with van der Waals surface area (Å²) in [5.41, 5.74) is 4.81. The molecule has 0 rings (SSSR count). The van der Waals surface area contributed by atoms with Gasteiger partial charge in [0.1, 0.15) is 0 Å². The third-order valence-electron chi connectivity index (χ3n) is 1.64. The van der Waals surface area contributed by atoms with Crippen LogP contribution < -0.4 is 11.1 Å². The van der Waals surface area contributed by atoms with Crippen LogP contribution in [0.1, 0.15) is 34.1 Å². The number of amides is 1. The van der Waals surface area contributed by atoms with Crippen LogP contribution in [0.25, 0.3) is 0 Å². The number of ether oxygens (including phenoxy) is 1. The van der Waals surface area contributed by atoms with Crippen LogP contribution in [0, 0.1) is 0 Å². The molecule has 1 amide bonds. The fraction of sp³-hybridized carbons (Fsp3) is 0.900. The second-order valence-electron chi connectivity index (χ2n) is 4.25. The Balaban J connectivity index is 3.42. The predicted octanol–water partition coefficient (Wildman–Crippen LogP) is 0.655. The summed E-state index contributed by atoms with van der Waals surface area (Å²) in [6.07, 6.45) is 1.07. The lowest BCUT2D eigenvalue weighted by atomic mass is 10.1. The molecule has 0 fully saturated rings. The van der Waals surface area contributed by atoms with Crippen molar-refractivity contribution in [3.05, 3.63) is 0 Å². The highest BCUT2D eigenvalue weighted by molar-refractivity contribution is 5.84. The Bertz CT molecular complexity index is 173. The van der Waals surface area contributed by atoms with Gasteiger partial charge >= 0.3 is 0 Å². The maximum absolute atomic E-state index is 11.3. The second-order valence-corrected chi connectivity index (χ2v) is 4.25. The molecule has 0 aliphatic heterocycles. The molecule has 0 radical (unpaired) electrons. The molecule has 0 aromatic rings. The van der Waals surface area contributed by atoms with E-state index in [9.17, 15) is 4.79 Å². The first-order valence-electron chi connectivity index (χ1n) is 5.03. The van der Waals surface area contributed by atoms with Crippen molar-refractivity contribution in [2.24, 2.45) is 5.73 Å². The number of hydrogen-bond acceptors (Lipinski definition) is 3. The van der Waals surface area contributed by atoms with E-state index in [4.69, 9.17) is 10.5 Å². The molecular formula is C10H22N2O2. The van der Waals surface area contributed by atoms with Crippen molar-refractivity contribution in [3.63, 3.8) is 0 Å². The van der Waals surface area contributed by atoms with Gasteiger partial charge in [-0.3, -0.25) is 4.79 Å². The van der Waals surface area contributed by atoms with E-state index >= 15 is 0 Å². The average Bonchev–Trinajstić information content (AvgIpc) is 2.01. The van der Waals surface area contributed by atoms with E-state index in [1.165, 1.54) is 0 Å². The van der Waals surface area contributed by atoms with Crippen LogP contribution in [0.5, 0.6) is 0 Å². The van der Waals surface area contributed by atoms with Gasteiger partial charge in [-0.05, 0) is 34.1 Å². The Kier molecular flexibility index (Phi) is 5.72. The minimum absolute atomic E-state index is 0.123. The maximum Gasteiger partial charge on any atom is 0.239 e. The summed E-state index contributed by atoms with van der Waals surface area (Å²) >= 11 is 0. The smallest absolute Gasteiger partial charge is 0.239 e. The molecule has 4 heteroatoms. The lowest BCUT2D eigenvalue weighted by Crippen LogP contribution is -2.49. The van der Waals surface area contributed by atoms with Gasteiger partial charge < -0.3 is 15.8 Å². The maximum atomic E-state index is 11.3. The van der Waals surface area contributed by atoms with Crippen LogP contribution >= 0.6 is 0 Å². The van der Waals surface area contributed by atoms with E-state index in [1.54, 1.807) is 13.8 Å². The number of hydrogen-bond donors (Lipinski definition) is 2. The zero-order chi connectivity index (χ0) is 11.2. The number of carbonyl (C=O) groups excluding carboxylic acids is 1. The minimum Gasteiger partial charge on any atom is -0.379 e. The molecule has 0 saturated carbocycles. The summed E-state index contributed by atoms with van der Waals surface area (Å²) in [6, 6.07) is 0. The number of carbonyl (C=O) groups is 1. The number of nitrogens with one attached hydrogen (secondary N) is 1. The first kappa shape index (κ1) is 13.4. The zero-order valence-electron chi connectivity index (χ0n) is 9.59. The Morgan fingerprint density at radius 1 is 1.50 bits per heavy atom. The molecule has 3 N–H and O–H groups in total. The van der Waals surface area contributed by atoms with Gasteiger partial charge in [0.2, 0.25) is 5.91 Å². The van der Waals surface area contributed by atoms with Gasteiger partial charge in [-0.25, -0.2) is 0 Å². The lowest BCUT2D eigenvalue weighted by molar-refractivity contribution is -0.125. The fourth-order valence-electron chi connectivity index (χ4n) is 0.821. The van der Waals surface area contributed by atoms with Gasteiger partial charge in [-0.1, -0.05) is 0 Å². The normalized spacial score (nSPS) is 11.9. The largest absolute Gasteiger partial charge is 0.379 e. The molecule has 0 saturated heterocycles. The van der Waals surface area contributed by atoms with E-state index < -0.39 is 5.54 Å². The SMILES string of the molecule is CC(C)OCCCNC(=O)C(C)(C)N. The molecule has 0 aliphatic carbocycles. The fourth-order valence-corrected chi connectivity index (χ4v) is 0.821. The van der Waals surface area contributed by atoms with Gasteiger partial charge in [-0.2, -0.15) is 0 Å². The number of nitrogens with two attached hydrogens (primary N) is 1. The second kappa shape index (κ2) is 5.98. The first-order chi connectivity index (χ1) is 6.34. The van der Waals surface area contributed by atoms with Crippen LogP contribution in [-0.4, -0.2) is 30.7 Å². The highest BCUT2D eigenvalue weighted by atomic mass is 16.5. The van der Waals surface area contributed by atoms with Crippen LogP contribution in [0.3, 0.4) is 0 Å². The van der Waals surface area contributed by atoms with Gasteiger partial charge in [-0.15, -0.1) is 0 Å². The molecule has 0 spiro atoms. The summed E-state index contributed by atoms with van der Waals surface area (Å²) in [4.78, 5) is 11.3. The lowest BCUT2D eigenvalue weighted by Gasteiger charge is -2.17. The van der Waals surface area contributed by atoms with Crippen molar-refractivity contribution < 1.29 is 9.53 Å². The first-order valence-corrected chi connectivity index (χ1v) is 5.03. The average molecular weight is 202 g/mol. The van der Waals surface area contributed by atoms with E-state index in [0.29, 0.717) is 13.2 Å². The Labute approximate surface area is 86.2 Å². The molecule has 0 aromatic carbocycles. The van der Waals surface area contributed by atoms with E-state index in [2.05, 4.69) is 5.32 Å². The standard InChI is InChI=1S/C10H22N2O2/c1-8(2)14-7-5-6-12-9(13)10(3,4)11/h8H,5-7,11H2,1-4H3,(H,12,13). The minimum atomic E-state index is -0.793. The quantitative estimate of drug-likeness (QED) is 0.622. The molecule has 0 aliphatic rings. The van der Waals surface area contributed by atoms with Crippen molar-refractivity contribution in [2.75, 3.05) is 13.2 Å². The Morgan fingerprint density at radius 2 is 2.07 bits per heavy atom. The monoisotopic (exact) mass is 202 g/mol. The Hall–Kier alpha value is -0.610. The summed E-state index contributed by atoms with van der Waals surface area (Å²) in [7, 11) is 0. The van der Waals surface area contributed by atoms with Gasteiger partial charge in [0.05, 0.1) is 11.6 Å². The van der Waals surface area contributed by atoms with Crippen LogP contribution in [0.2, 0.25) is 0 Å². The molecule has 0 heterocycles. The highest BCUT2D eigenvalue weighted by Crippen LogP contribution is 1.95.